The fourth-order valence-corrected chi connectivity index (χ4v) is 5.22. The monoisotopic (exact) mass is 374 g/mol. The highest BCUT2D eigenvalue weighted by atomic mass is 79.9. The van der Waals surface area contributed by atoms with E-state index in [4.69, 9.17) is 5.73 Å². The summed E-state index contributed by atoms with van der Waals surface area (Å²) in [4.78, 5) is 0.271. The van der Waals surface area contributed by atoms with E-state index in [1.54, 1.807) is 19.1 Å². The van der Waals surface area contributed by atoms with Crippen LogP contribution in [0, 0.1) is 12.8 Å². The molecule has 21 heavy (non-hydrogen) atoms. The van der Waals surface area contributed by atoms with Gasteiger partial charge < -0.3 is 5.73 Å². The number of sulfonamides is 1. The summed E-state index contributed by atoms with van der Waals surface area (Å²) in [5, 5.41) is 0. The van der Waals surface area contributed by atoms with Crippen LogP contribution in [0.1, 0.15) is 44.6 Å². The molecule has 1 aromatic rings. The molecule has 0 saturated heterocycles. The lowest BCUT2D eigenvalue weighted by molar-refractivity contribution is 0.301. The molecule has 3 N–H and O–H groups in total. The van der Waals surface area contributed by atoms with Gasteiger partial charge in [-0.15, -0.1) is 0 Å². The number of hydrogen-bond acceptors (Lipinski definition) is 3. The van der Waals surface area contributed by atoms with Crippen LogP contribution in [0.3, 0.4) is 0 Å². The van der Waals surface area contributed by atoms with Crippen LogP contribution in [0.15, 0.2) is 21.5 Å². The minimum Gasteiger partial charge on any atom is -0.398 e. The molecule has 1 saturated carbocycles. The van der Waals surface area contributed by atoms with Crippen LogP contribution < -0.4 is 10.5 Å². The maximum absolute atomic E-state index is 12.6. The third-order valence-corrected chi connectivity index (χ3v) is 6.44. The Morgan fingerprint density at radius 1 is 1.38 bits per heavy atom. The molecule has 0 heterocycles. The molecule has 0 aliphatic heterocycles. The molecule has 4 nitrogen and oxygen atoms in total. The van der Waals surface area contributed by atoms with E-state index in [-0.39, 0.29) is 10.9 Å². The molecule has 118 valence electrons. The van der Waals surface area contributed by atoms with Gasteiger partial charge in [-0.05, 0) is 43.4 Å². The Balaban J connectivity index is 2.23. The van der Waals surface area contributed by atoms with Crippen molar-refractivity contribution in [3.05, 3.63) is 22.2 Å². The average molecular weight is 375 g/mol. The lowest BCUT2D eigenvalue weighted by atomic mass is 9.85. The SMILES string of the molecule is CCC1CCCC(NS(=O)(=O)c2cc(Br)cc(N)c2C)C1. The first kappa shape index (κ1) is 16.8. The Kier molecular flexibility index (Phi) is 5.33. The third-order valence-electron chi connectivity index (χ3n) is 4.34. The number of hydrogen-bond donors (Lipinski definition) is 2. The quantitative estimate of drug-likeness (QED) is 0.790. The van der Waals surface area contributed by atoms with E-state index in [1.165, 1.54) is 6.42 Å². The van der Waals surface area contributed by atoms with Gasteiger partial charge in [0.1, 0.15) is 0 Å². The highest BCUT2D eigenvalue weighted by Crippen LogP contribution is 2.30. The number of halogens is 1. The van der Waals surface area contributed by atoms with Crippen molar-refractivity contribution in [2.75, 3.05) is 5.73 Å². The molecular formula is C15H23BrN2O2S. The van der Waals surface area contributed by atoms with Crippen molar-refractivity contribution in [1.82, 2.24) is 4.72 Å². The van der Waals surface area contributed by atoms with Gasteiger partial charge in [-0.1, -0.05) is 42.1 Å². The van der Waals surface area contributed by atoms with Gasteiger partial charge in [-0.3, -0.25) is 0 Å². The highest BCUT2D eigenvalue weighted by Gasteiger charge is 2.27. The highest BCUT2D eigenvalue weighted by molar-refractivity contribution is 9.10. The first-order valence-corrected chi connectivity index (χ1v) is 9.69. The van der Waals surface area contributed by atoms with Crippen LogP contribution in [-0.2, 0) is 10.0 Å². The third kappa shape index (κ3) is 3.99. The fourth-order valence-electron chi connectivity index (χ4n) is 3.01. The Hall–Kier alpha value is -0.590. The van der Waals surface area contributed by atoms with E-state index in [2.05, 4.69) is 27.6 Å². The first-order valence-electron chi connectivity index (χ1n) is 7.41. The van der Waals surface area contributed by atoms with Crippen molar-refractivity contribution in [2.24, 2.45) is 5.92 Å². The molecule has 0 bridgehead atoms. The van der Waals surface area contributed by atoms with E-state index in [1.807, 2.05) is 0 Å². The van der Waals surface area contributed by atoms with Gasteiger partial charge in [-0.2, -0.15) is 0 Å². The molecule has 2 rings (SSSR count). The van der Waals surface area contributed by atoms with Crippen molar-refractivity contribution in [3.63, 3.8) is 0 Å². The molecule has 0 radical (unpaired) electrons. The Bertz CT molecular complexity index is 616. The van der Waals surface area contributed by atoms with Gasteiger partial charge in [0.25, 0.3) is 0 Å². The van der Waals surface area contributed by atoms with Crippen LogP contribution in [0.2, 0.25) is 0 Å². The van der Waals surface area contributed by atoms with Crippen LogP contribution in [0.25, 0.3) is 0 Å². The molecule has 1 fully saturated rings. The average Bonchev–Trinajstić information content (AvgIpc) is 2.42. The van der Waals surface area contributed by atoms with Crippen molar-refractivity contribution in [1.29, 1.82) is 0 Å². The zero-order chi connectivity index (χ0) is 15.6. The summed E-state index contributed by atoms with van der Waals surface area (Å²) in [5.41, 5.74) is 6.96. The maximum Gasteiger partial charge on any atom is 0.241 e. The van der Waals surface area contributed by atoms with Crippen LogP contribution >= 0.6 is 15.9 Å². The van der Waals surface area contributed by atoms with E-state index >= 15 is 0 Å². The van der Waals surface area contributed by atoms with Crippen molar-refractivity contribution >= 4 is 31.6 Å². The van der Waals surface area contributed by atoms with Gasteiger partial charge in [0.15, 0.2) is 0 Å². The number of nitrogen functional groups attached to an aromatic ring is 1. The number of rotatable bonds is 4. The van der Waals surface area contributed by atoms with Gasteiger partial charge in [0.2, 0.25) is 10.0 Å². The summed E-state index contributed by atoms with van der Waals surface area (Å²) in [6.07, 6.45) is 5.25. The molecule has 0 spiro atoms. The largest absolute Gasteiger partial charge is 0.398 e. The number of nitrogens with one attached hydrogen (secondary N) is 1. The summed E-state index contributed by atoms with van der Waals surface area (Å²) in [6.45, 7) is 3.91. The van der Waals surface area contributed by atoms with E-state index < -0.39 is 10.0 Å². The summed E-state index contributed by atoms with van der Waals surface area (Å²) >= 11 is 3.31. The predicted octanol–water partition coefficient (Wildman–Crippen LogP) is 3.59. The molecule has 1 aromatic carbocycles. The molecule has 1 aliphatic rings. The zero-order valence-electron chi connectivity index (χ0n) is 12.5. The fraction of sp³-hybridized carbons (Fsp3) is 0.600. The standard InChI is InChI=1S/C15H23BrN2O2S/c1-3-11-5-4-6-13(7-11)18-21(19,20)15-9-12(16)8-14(17)10(15)2/h8-9,11,13,18H,3-7,17H2,1-2H3. The van der Waals surface area contributed by atoms with Gasteiger partial charge in [0, 0.05) is 16.2 Å². The van der Waals surface area contributed by atoms with E-state index in [0.29, 0.717) is 21.6 Å². The number of anilines is 1. The maximum atomic E-state index is 12.6. The molecule has 0 amide bonds. The number of nitrogens with two attached hydrogens (primary N) is 1. The second-order valence-electron chi connectivity index (χ2n) is 5.88. The molecule has 2 unspecified atom stereocenters. The predicted molar refractivity (Wildman–Crippen MR) is 89.6 cm³/mol. The van der Waals surface area contributed by atoms with E-state index in [0.717, 1.165) is 25.7 Å². The Morgan fingerprint density at radius 2 is 2.10 bits per heavy atom. The molecular weight excluding hydrogens is 352 g/mol. The van der Waals surface area contributed by atoms with Gasteiger partial charge in [0.05, 0.1) is 4.90 Å². The molecule has 0 aromatic heterocycles. The van der Waals surface area contributed by atoms with E-state index in [9.17, 15) is 8.42 Å². The summed E-state index contributed by atoms with van der Waals surface area (Å²) < 4.78 is 28.8. The zero-order valence-corrected chi connectivity index (χ0v) is 14.9. The lowest BCUT2D eigenvalue weighted by Gasteiger charge is -2.29. The Labute approximate surface area is 135 Å². The molecule has 6 heteroatoms. The van der Waals surface area contributed by atoms with Gasteiger partial charge in [-0.25, -0.2) is 13.1 Å². The van der Waals surface area contributed by atoms with Gasteiger partial charge >= 0.3 is 0 Å². The second kappa shape index (κ2) is 6.67. The lowest BCUT2D eigenvalue weighted by Crippen LogP contribution is -2.38. The minimum absolute atomic E-state index is 0.0355. The van der Waals surface area contributed by atoms with Crippen LogP contribution in [0.5, 0.6) is 0 Å². The summed E-state index contributed by atoms with van der Waals surface area (Å²) in [7, 11) is -3.53. The number of benzene rings is 1. The summed E-state index contributed by atoms with van der Waals surface area (Å²) in [6, 6.07) is 3.38. The topological polar surface area (TPSA) is 72.2 Å². The molecule has 2 atom stereocenters. The van der Waals surface area contributed by atoms with Crippen molar-refractivity contribution in [3.8, 4) is 0 Å². The second-order valence-corrected chi connectivity index (χ2v) is 8.48. The van der Waals surface area contributed by atoms with Crippen molar-refractivity contribution in [2.45, 2.75) is 56.9 Å². The molecule has 1 aliphatic carbocycles. The summed E-state index contributed by atoms with van der Waals surface area (Å²) in [5.74, 6) is 0.625. The smallest absolute Gasteiger partial charge is 0.241 e. The van der Waals surface area contributed by atoms with Crippen LogP contribution in [0.4, 0.5) is 5.69 Å². The van der Waals surface area contributed by atoms with Crippen molar-refractivity contribution < 1.29 is 8.42 Å². The minimum atomic E-state index is -3.53. The van der Waals surface area contributed by atoms with Crippen LogP contribution in [-0.4, -0.2) is 14.5 Å². The first-order chi connectivity index (χ1) is 9.83. The Morgan fingerprint density at radius 3 is 2.76 bits per heavy atom. The normalized spacial score (nSPS) is 23.2.